The molecule has 3 aromatic rings. The Kier molecular flexibility index (Phi) is 7.10. The lowest BCUT2D eigenvalue weighted by Gasteiger charge is -2.14. The normalized spacial score (nSPS) is 11.1. The SMILES string of the molecule is CN=C(NCc1ccc(Cn2ccccc2=O)cc1)Nc1ccc(OC)c(OC)c1. The second-order valence-corrected chi connectivity index (χ2v) is 6.60. The summed E-state index contributed by atoms with van der Waals surface area (Å²) in [5, 5.41) is 6.53. The van der Waals surface area contributed by atoms with Crippen LogP contribution in [0.25, 0.3) is 0 Å². The number of benzene rings is 2. The van der Waals surface area contributed by atoms with Gasteiger partial charge in [-0.3, -0.25) is 9.79 Å². The largest absolute Gasteiger partial charge is 0.493 e. The molecule has 0 amide bonds. The number of nitrogens with zero attached hydrogens (tertiary/aromatic N) is 2. The van der Waals surface area contributed by atoms with Gasteiger partial charge in [-0.05, 0) is 29.3 Å². The van der Waals surface area contributed by atoms with Crippen molar-refractivity contribution in [3.8, 4) is 11.5 Å². The second kappa shape index (κ2) is 10.2. The van der Waals surface area contributed by atoms with Crippen molar-refractivity contribution in [1.29, 1.82) is 0 Å². The lowest BCUT2D eigenvalue weighted by Crippen LogP contribution is -2.30. The molecule has 1 heterocycles. The van der Waals surface area contributed by atoms with Gasteiger partial charge >= 0.3 is 0 Å². The molecule has 0 radical (unpaired) electrons. The van der Waals surface area contributed by atoms with Crippen LogP contribution in [0.1, 0.15) is 11.1 Å². The third kappa shape index (κ3) is 5.41. The van der Waals surface area contributed by atoms with Crippen LogP contribution in [0.4, 0.5) is 5.69 Å². The van der Waals surface area contributed by atoms with Crippen LogP contribution in [0.15, 0.2) is 76.6 Å². The van der Waals surface area contributed by atoms with E-state index in [9.17, 15) is 4.79 Å². The van der Waals surface area contributed by atoms with Gasteiger partial charge in [0, 0.05) is 37.6 Å². The maximum atomic E-state index is 11.8. The van der Waals surface area contributed by atoms with Crippen LogP contribution in [-0.4, -0.2) is 31.8 Å². The molecule has 7 heteroatoms. The first kappa shape index (κ1) is 21.0. The summed E-state index contributed by atoms with van der Waals surface area (Å²) in [4.78, 5) is 16.1. The van der Waals surface area contributed by atoms with Crippen LogP contribution in [-0.2, 0) is 13.1 Å². The predicted octanol–water partition coefficient (Wildman–Crippen LogP) is 3.10. The van der Waals surface area contributed by atoms with Gasteiger partial charge in [0.2, 0.25) is 0 Å². The number of hydrogen-bond donors (Lipinski definition) is 2. The van der Waals surface area contributed by atoms with Crippen molar-refractivity contribution in [2.75, 3.05) is 26.6 Å². The molecule has 1 aromatic heterocycles. The lowest BCUT2D eigenvalue weighted by molar-refractivity contribution is 0.355. The molecule has 0 aliphatic rings. The number of guanidine groups is 1. The average Bonchev–Trinajstić information content (AvgIpc) is 2.79. The van der Waals surface area contributed by atoms with Gasteiger partial charge in [-0.25, -0.2) is 0 Å². The summed E-state index contributed by atoms with van der Waals surface area (Å²) in [5.41, 5.74) is 3.01. The third-order valence-electron chi connectivity index (χ3n) is 4.60. The Morgan fingerprint density at radius 3 is 2.37 bits per heavy atom. The summed E-state index contributed by atoms with van der Waals surface area (Å²) in [6.45, 7) is 1.16. The van der Waals surface area contributed by atoms with Crippen molar-refractivity contribution in [2.24, 2.45) is 4.99 Å². The van der Waals surface area contributed by atoms with E-state index in [1.54, 1.807) is 44.2 Å². The number of rotatable bonds is 7. The average molecular weight is 406 g/mol. The summed E-state index contributed by atoms with van der Waals surface area (Å²) < 4.78 is 12.3. The summed E-state index contributed by atoms with van der Waals surface area (Å²) in [5.74, 6) is 1.96. The Hall–Kier alpha value is -3.74. The van der Waals surface area contributed by atoms with Gasteiger partial charge in [0.1, 0.15) is 0 Å². The van der Waals surface area contributed by atoms with Gasteiger partial charge in [-0.2, -0.15) is 0 Å². The van der Waals surface area contributed by atoms with Crippen LogP contribution in [0.5, 0.6) is 11.5 Å². The molecule has 3 rings (SSSR count). The van der Waals surface area contributed by atoms with E-state index in [1.165, 1.54) is 0 Å². The molecular weight excluding hydrogens is 380 g/mol. The molecular formula is C23H26N4O3. The van der Waals surface area contributed by atoms with Gasteiger partial charge in [-0.15, -0.1) is 0 Å². The van der Waals surface area contributed by atoms with Crippen LogP contribution < -0.4 is 25.7 Å². The number of methoxy groups -OCH3 is 2. The minimum Gasteiger partial charge on any atom is -0.493 e. The molecule has 0 bridgehead atoms. The summed E-state index contributed by atoms with van der Waals surface area (Å²) in [6, 6.07) is 18.9. The highest BCUT2D eigenvalue weighted by molar-refractivity contribution is 5.93. The predicted molar refractivity (Wildman–Crippen MR) is 120 cm³/mol. The summed E-state index contributed by atoms with van der Waals surface area (Å²) in [7, 11) is 4.93. The Morgan fingerprint density at radius 1 is 0.967 bits per heavy atom. The number of hydrogen-bond acceptors (Lipinski definition) is 4. The molecule has 30 heavy (non-hydrogen) atoms. The highest BCUT2D eigenvalue weighted by Crippen LogP contribution is 2.29. The Morgan fingerprint density at radius 2 is 1.70 bits per heavy atom. The van der Waals surface area contributed by atoms with E-state index < -0.39 is 0 Å². The Labute approximate surface area is 176 Å². The summed E-state index contributed by atoms with van der Waals surface area (Å²) >= 11 is 0. The molecule has 2 N–H and O–H groups in total. The number of aliphatic imine (C=N–C) groups is 1. The van der Waals surface area contributed by atoms with Gasteiger partial charge in [0.05, 0.1) is 20.8 Å². The number of pyridine rings is 1. The van der Waals surface area contributed by atoms with Crippen molar-refractivity contribution >= 4 is 11.6 Å². The van der Waals surface area contributed by atoms with E-state index in [4.69, 9.17) is 9.47 Å². The Bertz CT molecular complexity index is 1060. The quantitative estimate of drug-likeness (QED) is 0.466. The number of anilines is 1. The minimum absolute atomic E-state index is 0.00622. The maximum absolute atomic E-state index is 11.8. The molecule has 0 saturated carbocycles. The van der Waals surface area contributed by atoms with Crippen LogP contribution >= 0.6 is 0 Å². The number of ether oxygens (including phenoxy) is 2. The van der Waals surface area contributed by atoms with Crippen molar-refractivity contribution < 1.29 is 9.47 Å². The first-order valence-corrected chi connectivity index (χ1v) is 9.56. The van der Waals surface area contributed by atoms with Crippen LogP contribution in [0, 0.1) is 0 Å². The summed E-state index contributed by atoms with van der Waals surface area (Å²) in [6.07, 6.45) is 1.79. The first-order chi connectivity index (χ1) is 14.6. The standard InChI is InChI=1S/C23H26N4O3/c1-24-23(26-19-11-12-20(29-2)21(14-19)30-3)25-15-17-7-9-18(10-8-17)16-27-13-5-4-6-22(27)28/h4-14H,15-16H2,1-3H3,(H2,24,25,26). The zero-order chi connectivity index (χ0) is 21.3. The number of nitrogens with one attached hydrogen (secondary N) is 2. The van der Waals surface area contributed by atoms with Crippen molar-refractivity contribution in [3.63, 3.8) is 0 Å². The molecule has 2 aromatic carbocycles. The van der Waals surface area contributed by atoms with E-state index in [0.717, 1.165) is 16.8 Å². The van der Waals surface area contributed by atoms with E-state index in [-0.39, 0.29) is 5.56 Å². The van der Waals surface area contributed by atoms with Gasteiger partial charge in [-0.1, -0.05) is 30.3 Å². The fourth-order valence-electron chi connectivity index (χ4n) is 2.97. The molecule has 7 nitrogen and oxygen atoms in total. The van der Waals surface area contributed by atoms with Gasteiger partial charge in [0.25, 0.3) is 5.56 Å². The highest BCUT2D eigenvalue weighted by atomic mass is 16.5. The smallest absolute Gasteiger partial charge is 0.250 e. The molecule has 0 atom stereocenters. The van der Waals surface area contributed by atoms with Crippen LogP contribution in [0.3, 0.4) is 0 Å². The fraction of sp³-hybridized carbons (Fsp3) is 0.217. The van der Waals surface area contributed by atoms with Gasteiger partial charge in [0.15, 0.2) is 17.5 Å². The topological polar surface area (TPSA) is 76.9 Å². The van der Waals surface area contributed by atoms with Crippen LogP contribution in [0.2, 0.25) is 0 Å². The zero-order valence-corrected chi connectivity index (χ0v) is 17.4. The molecule has 0 unspecified atom stereocenters. The van der Waals surface area contributed by atoms with Crippen molar-refractivity contribution in [2.45, 2.75) is 13.1 Å². The zero-order valence-electron chi connectivity index (χ0n) is 17.4. The van der Waals surface area contributed by atoms with E-state index in [2.05, 4.69) is 15.6 Å². The van der Waals surface area contributed by atoms with E-state index in [0.29, 0.717) is 30.5 Å². The van der Waals surface area contributed by atoms with Crippen molar-refractivity contribution in [1.82, 2.24) is 9.88 Å². The number of aromatic nitrogens is 1. The molecule has 0 spiro atoms. The highest BCUT2D eigenvalue weighted by Gasteiger charge is 2.06. The van der Waals surface area contributed by atoms with E-state index >= 15 is 0 Å². The first-order valence-electron chi connectivity index (χ1n) is 9.56. The molecule has 156 valence electrons. The second-order valence-electron chi connectivity index (χ2n) is 6.60. The molecule has 0 aliphatic heterocycles. The van der Waals surface area contributed by atoms with Gasteiger partial charge < -0.3 is 24.7 Å². The molecule has 0 aliphatic carbocycles. The minimum atomic E-state index is -0.00622. The molecule has 0 fully saturated rings. The maximum Gasteiger partial charge on any atom is 0.250 e. The monoisotopic (exact) mass is 406 g/mol. The lowest BCUT2D eigenvalue weighted by atomic mass is 10.1. The van der Waals surface area contributed by atoms with Crippen molar-refractivity contribution in [3.05, 3.63) is 88.3 Å². The third-order valence-corrected chi connectivity index (χ3v) is 4.60. The molecule has 0 saturated heterocycles. The van der Waals surface area contributed by atoms with E-state index in [1.807, 2.05) is 48.5 Å². The fourth-order valence-corrected chi connectivity index (χ4v) is 2.97. The Balaban J connectivity index is 1.59.